The number of benzene rings is 1. The Labute approximate surface area is 112 Å². The Bertz CT molecular complexity index is 537. The zero-order chi connectivity index (χ0) is 13.2. The van der Waals surface area contributed by atoms with Crippen LogP contribution in [0.4, 0.5) is 0 Å². The van der Waals surface area contributed by atoms with Crippen molar-refractivity contribution < 1.29 is 5.11 Å². The van der Waals surface area contributed by atoms with Crippen molar-refractivity contribution in [3.63, 3.8) is 0 Å². The van der Waals surface area contributed by atoms with Crippen LogP contribution in [0.2, 0.25) is 5.02 Å². The van der Waals surface area contributed by atoms with Crippen LogP contribution >= 0.6 is 11.6 Å². The fourth-order valence-electron chi connectivity index (χ4n) is 1.95. The van der Waals surface area contributed by atoms with Crippen LogP contribution in [-0.2, 0) is 12.0 Å². The van der Waals surface area contributed by atoms with E-state index >= 15 is 0 Å². The number of aryl methyl sites for hydroxylation is 1. The van der Waals surface area contributed by atoms with Gasteiger partial charge < -0.3 is 5.11 Å². The molecule has 2 aromatic rings. The molecular formula is C15H16ClNO. The number of aromatic nitrogens is 1. The maximum absolute atomic E-state index is 10.5. The molecule has 3 heteroatoms. The standard InChI is InChI=1S/C15H16ClNO/c1-11-5-6-12(14(16)8-11)9-15(2,18)13-4-3-7-17-10-13/h3-8,10,18H,9H2,1-2H3. The van der Waals surface area contributed by atoms with Crippen LogP contribution in [0.25, 0.3) is 0 Å². The van der Waals surface area contributed by atoms with E-state index in [2.05, 4.69) is 4.98 Å². The summed E-state index contributed by atoms with van der Waals surface area (Å²) in [7, 11) is 0. The predicted molar refractivity (Wildman–Crippen MR) is 73.7 cm³/mol. The van der Waals surface area contributed by atoms with Gasteiger partial charge in [0.25, 0.3) is 0 Å². The second kappa shape index (κ2) is 5.09. The highest BCUT2D eigenvalue weighted by Gasteiger charge is 2.24. The summed E-state index contributed by atoms with van der Waals surface area (Å²) >= 11 is 6.20. The van der Waals surface area contributed by atoms with E-state index in [1.165, 1.54) is 0 Å². The second-order valence-electron chi connectivity index (χ2n) is 4.79. The van der Waals surface area contributed by atoms with Gasteiger partial charge in [0.05, 0.1) is 5.60 Å². The van der Waals surface area contributed by atoms with Crippen molar-refractivity contribution in [2.24, 2.45) is 0 Å². The average molecular weight is 262 g/mol. The summed E-state index contributed by atoms with van der Waals surface area (Å²) in [4.78, 5) is 4.04. The number of rotatable bonds is 3. The van der Waals surface area contributed by atoms with E-state index in [1.807, 2.05) is 37.3 Å². The number of aliphatic hydroxyl groups is 1. The van der Waals surface area contributed by atoms with Gasteiger partial charge in [-0.3, -0.25) is 4.98 Å². The molecule has 1 N–H and O–H groups in total. The molecule has 0 amide bonds. The zero-order valence-electron chi connectivity index (χ0n) is 10.5. The minimum Gasteiger partial charge on any atom is -0.385 e. The molecule has 0 aliphatic carbocycles. The molecule has 1 aromatic carbocycles. The van der Waals surface area contributed by atoms with Crippen LogP contribution in [0.1, 0.15) is 23.6 Å². The third kappa shape index (κ3) is 2.89. The number of hydrogen-bond donors (Lipinski definition) is 1. The lowest BCUT2D eigenvalue weighted by atomic mass is 9.90. The Morgan fingerprint density at radius 3 is 2.72 bits per heavy atom. The van der Waals surface area contributed by atoms with Crippen molar-refractivity contribution in [1.29, 1.82) is 0 Å². The maximum Gasteiger partial charge on any atom is 0.0924 e. The van der Waals surface area contributed by atoms with Crippen LogP contribution in [-0.4, -0.2) is 10.1 Å². The van der Waals surface area contributed by atoms with Crippen molar-refractivity contribution in [1.82, 2.24) is 4.98 Å². The largest absolute Gasteiger partial charge is 0.385 e. The highest BCUT2D eigenvalue weighted by Crippen LogP contribution is 2.28. The smallest absolute Gasteiger partial charge is 0.0924 e. The number of halogens is 1. The molecule has 0 bridgehead atoms. The Balaban J connectivity index is 2.28. The molecule has 1 unspecified atom stereocenters. The normalized spacial score (nSPS) is 14.2. The summed E-state index contributed by atoms with van der Waals surface area (Å²) < 4.78 is 0. The first kappa shape index (κ1) is 13.1. The van der Waals surface area contributed by atoms with Gasteiger partial charge in [-0.2, -0.15) is 0 Å². The van der Waals surface area contributed by atoms with E-state index in [-0.39, 0.29) is 0 Å². The van der Waals surface area contributed by atoms with E-state index in [1.54, 1.807) is 19.3 Å². The Morgan fingerprint density at radius 2 is 2.11 bits per heavy atom. The first-order valence-corrected chi connectivity index (χ1v) is 6.25. The van der Waals surface area contributed by atoms with Gasteiger partial charge in [-0.25, -0.2) is 0 Å². The van der Waals surface area contributed by atoms with Crippen LogP contribution < -0.4 is 0 Å². The van der Waals surface area contributed by atoms with Gasteiger partial charge in [0.1, 0.15) is 0 Å². The Morgan fingerprint density at radius 1 is 1.33 bits per heavy atom. The molecule has 0 aliphatic rings. The molecule has 2 nitrogen and oxygen atoms in total. The lowest BCUT2D eigenvalue weighted by molar-refractivity contribution is 0.0573. The molecule has 18 heavy (non-hydrogen) atoms. The lowest BCUT2D eigenvalue weighted by Gasteiger charge is -2.24. The highest BCUT2D eigenvalue weighted by atomic mass is 35.5. The van der Waals surface area contributed by atoms with Crippen molar-refractivity contribution in [3.8, 4) is 0 Å². The average Bonchev–Trinajstić information content (AvgIpc) is 2.34. The predicted octanol–water partition coefficient (Wildman–Crippen LogP) is 3.49. The summed E-state index contributed by atoms with van der Waals surface area (Å²) in [6.07, 6.45) is 3.85. The molecule has 1 heterocycles. The molecule has 0 saturated carbocycles. The maximum atomic E-state index is 10.5. The minimum atomic E-state index is -0.965. The molecule has 0 spiro atoms. The van der Waals surface area contributed by atoms with Crippen molar-refractivity contribution in [2.45, 2.75) is 25.9 Å². The summed E-state index contributed by atoms with van der Waals surface area (Å²) in [6.45, 7) is 3.77. The fourth-order valence-corrected chi connectivity index (χ4v) is 2.25. The first-order chi connectivity index (χ1) is 8.49. The van der Waals surface area contributed by atoms with Crippen molar-refractivity contribution in [3.05, 3.63) is 64.4 Å². The van der Waals surface area contributed by atoms with E-state index in [9.17, 15) is 5.11 Å². The number of pyridine rings is 1. The quantitative estimate of drug-likeness (QED) is 0.917. The number of nitrogens with zero attached hydrogens (tertiary/aromatic N) is 1. The molecule has 1 aromatic heterocycles. The third-order valence-electron chi connectivity index (χ3n) is 3.03. The van der Waals surface area contributed by atoms with E-state index in [0.29, 0.717) is 11.4 Å². The Kier molecular flexibility index (Phi) is 3.69. The topological polar surface area (TPSA) is 33.1 Å². The molecular weight excluding hydrogens is 246 g/mol. The zero-order valence-corrected chi connectivity index (χ0v) is 11.3. The van der Waals surface area contributed by atoms with Gasteiger partial charge in [-0.15, -0.1) is 0 Å². The monoisotopic (exact) mass is 261 g/mol. The molecule has 94 valence electrons. The van der Waals surface area contributed by atoms with Gasteiger partial charge in [-0.1, -0.05) is 29.8 Å². The number of hydrogen-bond acceptors (Lipinski definition) is 2. The fraction of sp³-hybridized carbons (Fsp3) is 0.267. The first-order valence-electron chi connectivity index (χ1n) is 5.87. The highest BCUT2D eigenvalue weighted by molar-refractivity contribution is 6.31. The van der Waals surface area contributed by atoms with Gasteiger partial charge in [0.2, 0.25) is 0 Å². The summed E-state index contributed by atoms with van der Waals surface area (Å²) in [6, 6.07) is 9.56. The van der Waals surface area contributed by atoms with Crippen molar-refractivity contribution >= 4 is 11.6 Å². The van der Waals surface area contributed by atoms with Gasteiger partial charge >= 0.3 is 0 Å². The van der Waals surface area contributed by atoms with E-state index in [4.69, 9.17) is 11.6 Å². The Hall–Kier alpha value is -1.38. The van der Waals surface area contributed by atoms with Gasteiger partial charge in [0.15, 0.2) is 0 Å². The SMILES string of the molecule is Cc1ccc(CC(C)(O)c2cccnc2)c(Cl)c1. The van der Waals surface area contributed by atoms with E-state index < -0.39 is 5.60 Å². The molecule has 0 saturated heterocycles. The summed E-state index contributed by atoms with van der Waals surface area (Å²) in [5.41, 5.74) is 1.88. The molecule has 2 rings (SSSR count). The molecule has 0 fully saturated rings. The molecule has 1 atom stereocenters. The summed E-state index contributed by atoms with van der Waals surface area (Å²) in [5.74, 6) is 0. The van der Waals surface area contributed by atoms with E-state index in [0.717, 1.165) is 16.7 Å². The van der Waals surface area contributed by atoms with Gasteiger partial charge in [-0.05, 0) is 37.1 Å². The van der Waals surface area contributed by atoms with Crippen LogP contribution in [0.15, 0.2) is 42.7 Å². The van der Waals surface area contributed by atoms with Crippen LogP contribution in [0, 0.1) is 6.92 Å². The lowest BCUT2D eigenvalue weighted by Crippen LogP contribution is -2.24. The summed E-state index contributed by atoms with van der Waals surface area (Å²) in [5, 5.41) is 11.2. The minimum absolute atomic E-state index is 0.470. The van der Waals surface area contributed by atoms with Crippen LogP contribution in [0.3, 0.4) is 0 Å². The van der Waals surface area contributed by atoms with Crippen LogP contribution in [0.5, 0.6) is 0 Å². The second-order valence-corrected chi connectivity index (χ2v) is 5.19. The third-order valence-corrected chi connectivity index (χ3v) is 3.38. The van der Waals surface area contributed by atoms with Crippen molar-refractivity contribution in [2.75, 3.05) is 0 Å². The van der Waals surface area contributed by atoms with Gasteiger partial charge in [0, 0.05) is 29.4 Å². The molecule has 0 radical (unpaired) electrons. The molecule has 0 aliphatic heterocycles.